The number of guanidine groups is 1. The van der Waals surface area contributed by atoms with Crippen LogP contribution in [0.5, 0.6) is 11.6 Å². The van der Waals surface area contributed by atoms with Crippen LogP contribution in [0, 0.1) is 0 Å². The smallest absolute Gasteiger partial charge is 0.495 e. The second-order valence-corrected chi connectivity index (χ2v) is 11.7. The van der Waals surface area contributed by atoms with E-state index in [0.717, 1.165) is 0 Å². The fraction of sp³-hybridized carbons (Fsp3) is 0.419. The minimum absolute atomic E-state index is 0.0251. The highest BCUT2D eigenvalue weighted by molar-refractivity contribution is 7.32. The minimum Gasteiger partial charge on any atom is -0.495 e. The van der Waals surface area contributed by atoms with Crippen LogP contribution < -0.4 is 30.7 Å². The molecule has 1 aliphatic rings. The van der Waals surface area contributed by atoms with Gasteiger partial charge in [-0.2, -0.15) is 13.2 Å². The summed E-state index contributed by atoms with van der Waals surface area (Å²) in [4.78, 5) is 31.1. The number of nitrogens with zero attached hydrogens (tertiary/aromatic N) is 4. The van der Waals surface area contributed by atoms with Gasteiger partial charge in [-0.25, -0.2) is 9.98 Å². The fourth-order valence-electron chi connectivity index (χ4n) is 5.43. The van der Waals surface area contributed by atoms with Gasteiger partial charge in [0.2, 0.25) is 11.8 Å². The number of amides is 1. The number of aliphatic hydroxyl groups excluding tert-OH is 1. The summed E-state index contributed by atoms with van der Waals surface area (Å²) in [7, 11) is 1.35. The Labute approximate surface area is 286 Å². The molecule has 0 bridgehead atoms. The van der Waals surface area contributed by atoms with Gasteiger partial charge in [-0.15, -0.1) is 14.5 Å². The Balaban J connectivity index is 1.78. The van der Waals surface area contributed by atoms with E-state index in [1.54, 1.807) is 42.9 Å². The first-order chi connectivity index (χ1) is 23.8. The first-order valence-corrected chi connectivity index (χ1v) is 16.6. The molecule has 19 heteroatoms. The predicted octanol–water partition coefficient (Wildman–Crippen LogP) is 4.69. The van der Waals surface area contributed by atoms with E-state index in [1.165, 1.54) is 33.4 Å². The molecule has 1 unspecified atom stereocenters. The van der Waals surface area contributed by atoms with Crippen molar-refractivity contribution in [2.24, 2.45) is 4.99 Å². The standard InChI is InChI=1S/C31H38F3N8O7P/c1-6-30(7-2)25(31(32,33)34)26(39-29(40-30)38-21-10-9-18(15-23(21)47-4)17-49-50(45)46)37-22-12-11-20(36-24(22)27(44)35-3)19-16-42(13-8-14-43)41-28(19)48-5/h9-12,15-16,43H,6-8,13-14,17H2,1-5H3,(H4-,35,37,38,39,40,44,45,46)/p+1. The van der Waals surface area contributed by atoms with Gasteiger partial charge in [-0.05, 0) is 49.1 Å². The van der Waals surface area contributed by atoms with Crippen LogP contribution in [0.2, 0.25) is 0 Å². The van der Waals surface area contributed by atoms with Gasteiger partial charge in [0, 0.05) is 31.0 Å². The van der Waals surface area contributed by atoms with Gasteiger partial charge in [-0.1, -0.05) is 19.9 Å². The number of nitrogens with one attached hydrogen (secondary N) is 4. The van der Waals surface area contributed by atoms with Gasteiger partial charge in [0.05, 0.1) is 42.4 Å². The van der Waals surface area contributed by atoms with Crippen LogP contribution >= 0.6 is 8.25 Å². The predicted molar refractivity (Wildman–Crippen MR) is 179 cm³/mol. The van der Waals surface area contributed by atoms with E-state index in [9.17, 15) is 27.6 Å². The monoisotopic (exact) mass is 723 g/mol. The van der Waals surface area contributed by atoms with E-state index in [-0.39, 0.29) is 60.7 Å². The molecule has 0 fully saturated rings. The topological polar surface area (TPSA) is 193 Å². The number of aryl methyl sites for hydroxylation is 1. The third-order valence-corrected chi connectivity index (χ3v) is 8.29. The molecule has 1 aliphatic heterocycles. The Morgan fingerprint density at radius 2 is 1.82 bits per heavy atom. The van der Waals surface area contributed by atoms with Crippen molar-refractivity contribution in [2.75, 3.05) is 38.5 Å². The van der Waals surface area contributed by atoms with Gasteiger partial charge in [0.25, 0.3) is 5.91 Å². The SMILES string of the molecule is CCC1(CC)N=C(Nc2ccc(CO[P+](=O)O)cc2OC)NC(Nc2ccc(-c3cn(CCCO)nc3OC)nc2C(=O)NC)=C1C(F)(F)F. The number of pyridine rings is 1. The number of carbonyl (C=O) groups is 1. The van der Waals surface area contributed by atoms with Crippen LogP contribution in [-0.4, -0.2) is 76.2 Å². The number of halogens is 3. The molecule has 270 valence electrons. The molecule has 50 heavy (non-hydrogen) atoms. The molecule has 3 aromatic rings. The van der Waals surface area contributed by atoms with Crippen LogP contribution in [0.15, 0.2) is 52.9 Å². The highest BCUT2D eigenvalue weighted by Gasteiger charge is 2.51. The number of aliphatic imine (C=N–C) groups is 1. The molecule has 1 amide bonds. The van der Waals surface area contributed by atoms with Gasteiger partial charge in [-0.3, -0.25) is 9.48 Å². The van der Waals surface area contributed by atoms with E-state index in [0.29, 0.717) is 29.8 Å². The van der Waals surface area contributed by atoms with Gasteiger partial charge in [0.15, 0.2) is 5.69 Å². The fourth-order valence-corrected chi connectivity index (χ4v) is 5.69. The van der Waals surface area contributed by atoms with E-state index in [1.807, 2.05) is 0 Å². The van der Waals surface area contributed by atoms with Gasteiger partial charge < -0.3 is 35.8 Å². The Morgan fingerprint density at radius 1 is 1.10 bits per heavy atom. The quantitative estimate of drug-likeness (QED) is 0.119. The maximum Gasteiger partial charge on any atom is 0.695 e. The highest BCUT2D eigenvalue weighted by Crippen LogP contribution is 2.44. The third-order valence-electron chi connectivity index (χ3n) is 7.94. The summed E-state index contributed by atoms with van der Waals surface area (Å²) in [6.07, 6.45) is -2.82. The first kappa shape index (κ1) is 38.0. The Kier molecular flexibility index (Phi) is 12.4. The summed E-state index contributed by atoms with van der Waals surface area (Å²) < 4.78 is 73.0. The number of ether oxygens (including phenoxy) is 2. The second-order valence-electron chi connectivity index (χ2n) is 10.9. The summed E-state index contributed by atoms with van der Waals surface area (Å²) in [5.41, 5.74) is -1.40. The van der Waals surface area contributed by atoms with Crippen molar-refractivity contribution in [3.63, 3.8) is 0 Å². The molecular weight excluding hydrogens is 684 g/mol. The summed E-state index contributed by atoms with van der Waals surface area (Å²) >= 11 is 0. The van der Waals surface area contributed by atoms with E-state index in [4.69, 9.17) is 18.9 Å². The van der Waals surface area contributed by atoms with Crippen molar-refractivity contribution in [3.05, 3.63) is 59.2 Å². The molecule has 3 heterocycles. The molecule has 2 aromatic heterocycles. The number of alkyl halides is 3. The molecular formula is C31H39F3N8O7P+. The molecule has 4 rings (SSSR count). The van der Waals surface area contributed by atoms with E-state index < -0.39 is 37.3 Å². The summed E-state index contributed by atoms with van der Waals surface area (Å²) in [6, 6.07) is 7.65. The molecule has 0 spiro atoms. The lowest BCUT2D eigenvalue weighted by Crippen LogP contribution is -2.49. The molecule has 6 N–H and O–H groups in total. The lowest BCUT2D eigenvalue weighted by atomic mass is 9.83. The Hall–Kier alpha value is -4.77. The van der Waals surface area contributed by atoms with Crippen LogP contribution in [-0.2, 0) is 22.2 Å². The van der Waals surface area contributed by atoms with Crippen molar-refractivity contribution in [3.8, 4) is 22.9 Å². The van der Waals surface area contributed by atoms with Crippen LogP contribution in [0.1, 0.15) is 49.2 Å². The van der Waals surface area contributed by atoms with Gasteiger partial charge in [0.1, 0.15) is 23.8 Å². The number of hydrogen-bond acceptors (Lipinski definition) is 12. The van der Waals surface area contributed by atoms with Crippen LogP contribution in [0.25, 0.3) is 11.3 Å². The van der Waals surface area contributed by atoms with E-state index >= 15 is 0 Å². The normalized spacial score (nSPS) is 14.4. The third kappa shape index (κ3) is 8.50. The highest BCUT2D eigenvalue weighted by atomic mass is 31.1. The summed E-state index contributed by atoms with van der Waals surface area (Å²) in [5, 5.41) is 24.5. The van der Waals surface area contributed by atoms with Gasteiger partial charge >= 0.3 is 14.4 Å². The molecule has 0 saturated heterocycles. The maximum absolute atomic E-state index is 15.0. The number of carbonyl (C=O) groups excluding carboxylic acids is 1. The largest absolute Gasteiger partial charge is 0.695 e. The molecule has 0 radical (unpaired) electrons. The Bertz CT molecular complexity index is 1780. The zero-order valence-corrected chi connectivity index (χ0v) is 28.9. The van der Waals surface area contributed by atoms with Crippen molar-refractivity contribution < 1.29 is 46.5 Å². The number of methoxy groups -OCH3 is 2. The summed E-state index contributed by atoms with van der Waals surface area (Å²) in [5.74, 6) is -0.717. The molecule has 0 aliphatic carbocycles. The number of hydrogen-bond donors (Lipinski definition) is 6. The zero-order chi connectivity index (χ0) is 36.6. The molecule has 15 nitrogen and oxygen atoms in total. The first-order valence-electron chi connectivity index (χ1n) is 15.5. The molecule has 1 atom stereocenters. The lowest BCUT2D eigenvalue weighted by molar-refractivity contribution is -0.103. The number of benzene rings is 1. The molecule has 0 saturated carbocycles. The van der Waals surface area contributed by atoms with Crippen molar-refractivity contribution in [2.45, 2.75) is 58.0 Å². The second kappa shape index (κ2) is 16.3. The maximum atomic E-state index is 15.0. The number of rotatable bonds is 15. The average Bonchev–Trinajstić information content (AvgIpc) is 3.52. The lowest BCUT2D eigenvalue weighted by Gasteiger charge is -2.38. The van der Waals surface area contributed by atoms with Crippen molar-refractivity contribution >= 4 is 31.5 Å². The number of anilines is 2. The van der Waals surface area contributed by atoms with Crippen molar-refractivity contribution in [1.82, 2.24) is 25.4 Å². The van der Waals surface area contributed by atoms with Crippen LogP contribution in [0.3, 0.4) is 0 Å². The zero-order valence-electron chi connectivity index (χ0n) is 28.0. The molecule has 1 aromatic carbocycles. The summed E-state index contributed by atoms with van der Waals surface area (Å²) in [6.45, 7) is 3.36. The number of aromatic nitrogens is 3. The van der Waals surface area contributed by atoms with Crippen molar-refractivity contribution in [1.29, 1.82) is 0 Å². The van der Waals surface area contributed by atoms with Crippen LogP contribution in [0.4, 0.5) is 24.5 Å². The Morgan fingerprint density at radius 3 is 2.42 bits per heavy atom. The average molecular weight is 724 g/mol. The minimum atomic E-state index is -4.85. The number of aliphatic hydroxyl groups is 1. The van der Waals surface area contributed by atoms with E-state index in [2.05, 4.69) is 36.3 Å².